The zero-order valence-corrected chi connectivity index (χ0v) is 14.8. The molecule has 0 unspecified atom stereocenters. The van der Waals surface area contributed by atoms with Crippen LogP contribution in [0.15, 0.2) is 18.2 Å². The van der Waals surface area contributed by atoms with Crippen molar-refractivity contribution in [2.24, 2.45) is 0 Å². The molecule has 1 aliphatic heterocycles. The number of aryl methyl sites for hydroxylation is 2. The van der Waals surface area contributed by atoms with Gasteiger partial charge < -0.3 is 5.32 Å². The minimum Gasteiger partial charge on any atom is -0.312 e. The normalized spacial score (nSPS) is 13.5. The van der Waals surface area contributed by atoms with E-state index in [0.29, 0.717) is 17.4 Å². The smallest absolute Gasteiger partial charge is 0.278 e. The van der Waals surface area contributed by atoms with Gasteiger partial charge in [0.2, 0.25) is 5.13 Å². The number of rotatable bonds is 3. The number of nitrogens with one attached hydrogen (secondary N) is 3. The number of aromatic amines is 1. The van der Waals surface area contributed by atoms with Crippen molar-refractivity contribution in [3.63, 3.8) is 0 Å². The van der Waals surface area contributed by atoms with Crippen LogP contribution in [0.3, 0.4) is 0 Å². The Morgan fingerprint density at radius 2 is 2.00 bits per heavy atom. The Kier molecular flexibility index (Phi) is 4.06. The molecule has 3 heterocycles. The van der Waals surface area contributed by atoms with Crippen LogP contribution in [0.1, 0.15) is 32.9 Å². The van der Waals surface area contributed by atoms with E-state index in [4.69, 9.17) is 0 Å². The monoisotopic (exact) mass is 354 g/mol. The van der Waals surface area contributed by atoms with Gasteiger partial charge in [0.15, 0.2) is 5.69 Å². The van der Waals surface area contributed by atoms with Crippen molar-refractivity contribution >= 4 is 22.4 Å². The minimum absolute atomic E-state index is 0.260. The van der Waals surface area contributed by atoms with Crippen LogP contribution in [0.25, 0.3) is 10.6 Å². The summed E-state index contributed by atoms with van der Waals surface area (Å²) in [6.45, 7) is 5.65. The number of hydrogen-bond donors (Lipinski definition) is 3. The Morgan fingerprint density at radius 3 is 2.80 bits per heavy atom. The Bertz CT molecular complexity index is 924. The molecule has 0 radical (unpaired) electrons. The van der Waals surface area contributed by atoms with Crippen molar-refractivity contribution in [1.82, 2.24) is 25.7 Å². The summed E-state index contributed by atoms with van der Waals surface area (Å²) in [4.78, 5) is 12.5. The number of aromatic nitrogens is 4. The van der Waals surface area contributed by atoms with Gasteiger partial charge in [0.1, 0.15) is 5.01 Å². The summed E-state index contributed by atoms with van der Waals surface area (Å²) in [6.07, 6.45) is 0.852. The molecule has 0 bridgehead atoms. The lowest BCUT2D eigenvalue weighted by Gasteiger charge is -2.12. The van der Waals surface area contributed by atoms with Crippen LogP contribution in [0.5, 0.6) is 0 Å². The van der Waals surface area contributed by atoms with Crippen LogP contribution < -0.4 is 10.6 Å². The van der Waals surface area contributed by atoms with Crippen LogP contribution in [0, 0.1) is 13.8 Å². The van der Waals surface area contributed by atoms with Gasteiger partial charge in [-0.3, -0.25) is 15.2 Å². The maximum absolute atomic E-state index is 12.5. The molecule has 0 fully saturated rings. The molecule has 1 aliphatic rings. The van der Waals surface area contributed by atoms with Crippen molar-refractivity contribution in [2.45, 2.75) is 26.8 Å². The zero-order chi connectivity index (χ0) is 17.4. The average molecular weight is 354 g/mol. The molecule has 4 rings (SSSR count). The molecule has 128 valence electrons. The fourth-order valence-electron chi connectivity index (χ4n) is 3.06. The van der Waals surface area contributed by atoms with E-state index < -0.39 is 0 Å². The van der Waals surface area contributed by atoms with Gasteiger partial charge in [-0.05, 0) is 26.0 Å². The third-order valence-electron chi connectivity index (χ3n) is 4.14. The molecule has 0 saturated carbocycles. The molecule has 3 N–H and O–H groups in total. The van der Waals surface area contributed by atoms with Crippen molar-refractivity contribution in [3.05, 3.63) is 46.3 Å². The highest BCUT2D eigenvalue weighted by molar-refractivity contribution is 7.18. The molecule has 25 heavy (non-hydrogen) atoms. The number of carbonyl (C=O) groups excluding carboxylic acids is 1. The number of fused-ring (bicyclic) bond motifs is 1. The third kappa shape index (κ3) is 3.18. The molecule has 2 aromatic heterocycles. The van der Waals surface area contributed by atoms with Crippen molar-refractivity contribution < 1.29 is 4.79 Å². The lowest BCUT2D eigenvalue weighted by Crippen LogP contribution is -2.25. The molecule has 0 spiro atoms. The maximum atomic E-state index is 12.5. The van der Waals surface area contributed by atoms with Gasteiger partial charge in [-0.15, -0.1) is 10.2 Å². The number of benzene rings is 1. The van der Waals surface area contributed by atoms with Gasteiger partial charge in [-0.25, -0.2) is 0 Å². The minimum atomic E-state index is -0.260. The van der Waals surface area contributed by atoms with E-state index in [9.17, 15) is 4.79 Å². The predicted molar refractivity (Wildman–Crippen MR) is 96.8 cm³/mol. The molecule has 1 aromatic carbocycles. The van der Waals surface area contributed by atoms with Crippen LogP contribution >= 0.6 is 11.3 Å². The molecule has 1 amide bonds. The van der Waals surface area contributed by atoms with E-state index >= 15 is 0 Å². The van der Waals surface area contributed by atoms with Crippen LogP contribution in [-0.4, -0.2) is 32.8 Å². The molecule has 0 saturated heterocycles. The predicted octanol–water partition coefficient (Wildman–Crippen LogP) is 2.44. The quantitative estimate of drug-likeness (QED) is 0.671. The molecule has 7 nitrogen and oxygen atoms in total. The number of nitrogens with zero attached hydrogens (tertiary/aromatic N) is 3. The molecule has 3 aromatic rings. The van der Waals surface area contributed by atoms with E-state index in [1.807, 2.05) is 0 Å². The Morgan fingerprint density at radius 1 is 1.20 bits per heavy atom. The zero-order valence-electron chi connectivity index (χ0n) is 14.0. The second-order valence-electron chi connectivity index (χ2n) is 6.20. The summed E-state index contributed by atoms with van der Waals surface area (Å²) in [5.74, 6) is -0.260. The molecular formula is C17H18N6OS. The standard InChI is InChI=1S/C17H18N6OS/c1-9-5-10(2)7-11(6-9)16-22-23-17(25-16)19-15(24)14-12-8-18-4-3-13(12)20-21-14/h5-7,18H,3-4,8H2,1-2H3,(H,20,21)(H,19,23,24). The fourth-order valence-corrected chi connectivity index (χ4v) is 3.78. The van der Waals surface area contributed by atoms with Gasteiger partial charge in [-0.2, -0.15) is 5.10 Å². The first kappa shape index (κ1) is 15.9. The number of carbonyl (C=O) groups is 1. The second-order valence-corrected chi connectivity index (χ2v) is 7.18. The van der Waals surface area contributed by atoms with E-state index in [2.05, 4.69) is 63.1 Å². The Balaban J connectivity index is 1.55. The lowest BCUT2D eigenvalue weighted by molar-refractivity contribution is 0.102. The number of amides is 1. The van der Waals surface area contributed by atoms with Gasteiger partial charge in [0, 0.05) is 36.3 Å². The van der Waals surface area contributed by atoms with E-state index in [1.165, 1.54) is 22.5 Å². The van der Waals surface area contributed by atoms with E-state index in [-0.39, 0.29) is 5.91 Å². The van der Waals surface area contributed by atoms with Gasteiger partial charge in [0.25, 0.3) is 5.91 Å². The third-order valence-corrected chi connectivity index (χ3v) is 5.02. The Hall–Kier alpha value is -2.58. The van der Waals surface area contributed by atoms with Crippen molar-refractivity contribution in [2.75, 3.05) is 11.9 Å². The van der Waals surface area contributed by atoms with Gasteiger partial charge in [0.05, 0.1) is 0 Å². The average Bonchev–Trinajstić information content (AvgIpc) is 3.20. The van der Waals surface area contributed by atoms with Crippen molar-refractivity contribution in [1.29, 1.82) is 0 Å². The van der Waals surface area contributed by atoms with Crippen molar-refractivity contribution in [3.8, 4) is 10.6 Å². The maximum Gasteiger partial charge on any atom is 0.278 e. The second kappa shape index (κ2) is 6.38. The van der Waals surface area contributed by atoms with Gasteiger partial charge in [-0.1, -0.05) is 28.5 Å². The summed E-state index contributed by atoms with van der Waals surface area (Å²) in [5.41, 5.74) is 5.74. The topological polar surface area (TPSA) is 95.6 Å². The van der Waals surface area contributed by atoms with Crippen LogP contribution in [0.2, 0.25) is 0 Å². The summed E-state index contributed by atoms with van der Waals surface area (Å²) >= 11 is 1.36. The first-order valence-electron chi connectivity index (χ1n) is 8.10. The SMILES string of the molecule is Cc1cc(C)cc(-c2nnc(NC(=O)c3n[nH]c4c3CNCC4)s2)c1. The number of H-pyrrole nitrogens is 1. The number of hydrogen-bond acceptors (Lipinski definition) is 6. The molecular weight excluding hydrogens is 336 g/mol. The van der Waals surface area contributed by atoms with Gasteiger partial charge >= 0.3 is 0 Å². The van der Waals surface area contributed by atoms with E-state index in [0.717, 1.165) is 34.8 Å². The first-order chi connectivity index (χ1) is 12.1. The highest BCUT2D eigenvalue weighted by atomic mass is 32.1. The number of anilines is 1. The largest absolute Gasteiger partial charge is 0.312 e. The molecule has 0 aliphatic carbocycles. The van der Waals surface area contributed by atoms with Crippen LogP contribution in [0.4, 0.5) is 5.13 Å². The highest BCUT2D eigenvalue weighted by Gasteiger charge is 2.22. The highest BCUT2D eigenvalue weighted by Crippen LogP contribution is 2.28. The summed E-state index contributed by atoms with van der Waals surface area (Å²) < 4.78 is 0. The lowest BCUT2D eigenvalue weighted by atomic mass is 10.1. The molecule has 8 heteroatoms. The summed E-state index contributed by atoms with van der Waals surface area (Å²) in [6, 6.07) is 6.24. The van der Waals surface area contributed by atoms with Crippen LogP contribution in [-0.2, 0) is 13.0 Å². The summed E-state index contributed by atoms with van der Waals surface area (Å²) in [5, 5.41) is 22.7. The fraction of sp³-hybridized carbons (Fsp3) is 0.294. The Labute approximate surface area is 148 Å². The first-order valence-corrected chi connectivity index (χ1v) is 8.92. The van der Waals surface area contributed by atoms with E-state index in [1.54, 1.807) is 0 Å². The molecule has 0 atom stereocenters. The summed E-state index contributed by atoms with van der Waals surface area (Å²) in [7, 11) is 0.